The fourth-order valence-electron chi connectivity index (χ4n) is 2.23. The largest absolute Gasteiger partial charge is 0.297 e. The van der Waals surface area contributed by atoms with Crippen LogP contribution in [0.15, 0.2) is 3.92 Å². The van der Waals surface area contributed by atoms with Crippen LogP contribution in [-0.4, -0.2) is 32.6 Å². The van der Waals surface area contributed by atoms with Crippen LogP contribution in [0.4, 0.5) is 0 Å². The number of rotatable bonds is 2. The lowest BCUT2D eigenvalue weighted by Crippen LogP contribution is -2.31. The van der Waals surface area contributed by atoms with E-state index in [2.05, 4.69) is 37.8 Å². The van der Waals surface area contributed by atoms with E-state index in [1.165, 1.54) is 17.8 Å². The van der Waals surface area contributed by atoms with Gasteiger partial charge in [0.1, 0.15) is 0 Å². The van der Waals surface area contributed by atoms with Crippen LogP contribution >= 0.6 is 27.3 Å². The average molecular weight is 301 g/mol. The monoisotopic (exact) mass is 300 g/mol. The molecule has 4 nitrogen and oxygen atoms in total. The van der Waals surface area contributed by atoms with Crippen LogP contribution in [0.25, 0.3) is 4.96 Å². The van der Waals surface area contributed by atoms with Gasteiger partial charge < -0.3 is 0 Å². The Labute approximate surface area is 106 Å². The molecule has 0 radical (unpaired) electrons. The molecule has 1 aliphatic heterocycles. The fraction of sp³-hybridized carbons (Fsp3) is 0.600. The third-order valence-electron chi connectivity index (χ3n) is 2.93. The maximum absolute atomic E-state index is 4.63. The molecule has 0 amide bonds. The minimum absolute atomic E-state index is 0.908. The van der Waals surface area contributed by atoms with Crippen molar-refractivity contribution >= 4 is 32.2 Å². The Morgan fingerprint density at radius 2 is 2.38 bits per heavy atom. The summed E-state index contributed by atoms with van der Waals surface area (Å²) in [6, 6.07) is 0. The van der Waals surface area contributed by atoms with Crippen molar-refractivity contribution < 1.29 is 0 Å². The second-order valence-electron chi connectivity index (χ2n) is 4.08. The van der Waals surface area contributed by atoms with E-state index in [1.54, 1.807) is 11.3 Å². The van der Waals surface area contributed by atoms with Crippen LogP contribution < -0.4 is 0 Å². The summed E-state index contributed by atoms with van der Waals surface area (Å²) in [5, 5.41) is 4.44. The highest BCUT2D eigenvalue weighted by Gasteiger charge is 2.22. The molecule has 0 unspecified atom stereocenters. The van der Waals surface area contributed by atoms with E-state index in [-0.39, 0.29) is 0 Å². The van der Waals surface area contributed by atoms with E-state index in [4.69, 9.17) is 0 Å². The number of halogens is 1. The minimum atomic E-state index is 0.908. The molecule has 0 fully saturated rings. The normalized spacial score (nSPS) is 16.9. The zero-order valence-corrected chi connectivity index (χ0v) is 11.5. The lowest BCUT2D eigenvalue weighted by molar-refractivity contribution is 0.248. The van der Waals surface area contributed by atoms with Crippen molar-refractivity contribution in [1.29, 1.82) is 0 Å². The Balaban J connectivity index is 2.00. The Hall–Kier alpha value is -0.460. The highest BCUT2D eigenvalue weighted by atomic mass is 79.9. The highest BCUT2D eigenvalue weighted by Crippen LogP contribution is 2.25. The van der Waals surface area contributed by atoms with Crippen molar-refractivity contribution in [3.05, 3.63) is 15.3 Å². The molecule has 6 heteroatoms. The van der Waals surface area contributed by atoms with Gasteiger partial charge >= 0.3 is 0 Å². The number of hydrogen-bond donors (Lipinski definition) is 0. The van der Waals surface area contributed by atoms with E-state index in [0.717, 1.165) is 34.9 Å². The van der Waals surface area contributed by atoms with Gasteiger partial charge in [-0.05, 0) is 28.9 Å². The first-order chi connectivity index (χ1) is 7.78. The molecule has 1 aliphatic rings. The maximum atomic E-state index is 4.63. The van der Waals surface area contributed by atoms with Gasteiger partial charge in [-0.3, -0.25) is 4.90 Å². The molecular formula is C10H13BrN4S. The summed E-state index contributed by atoms with van der Waals surface area (Å²) < 4.78 is 2.90. The van der Waals surface area contributed by atoms with Crippen molar-refractivity contribution in [2.45, 2.75) is 26.3 Å². The molecule has 0 atom stereocenters. The van der Waals surface area contributed by atoms with E-state index in [1.807, 2.05) is 4.52 Å². The Bertz CT molecular complexity index is 518. The first-order valence-corrected chi connectivity index (χ1v) is 7.14. The molecule has 0 saturated heterocycles. The van der Waals surface area contributed by atoms with Crippen LogP contribution in [0.5, 0.6) is 0 Å². The predicted molar refractivity (Wildman–Crippen MR) is 67.8 cm³/mol. The molecule has 0 spiro atoms. The van der Waals surface area contributed by atoms with E-state index >= 15 is 0 Å². The molecule has 0 bridgehead atoms. The number of hydrogen-bond acceptors (Lipinski definition) is 4. The molecule has 86 valence electrons. The molecule has 3 heterocycles. The summed E-state index contributed by atoms with van der Waals surface area (Å²) in [4.78, 5) is 8.12. The second-order valence-corrected chi connectivity index (χ2v) is 6.31. The topological polar surface area (TPSA) is 33.4 Å². The maximum Gasteiger partial charge on any atom is 0.213 e. The van der Waals surface area contributed by atoms with Crippen molar-refractivity contribution in [3.63, 3.8) is 0 Å². The summed E-state index contributed by atoms with van der Waals surface area (Å²) in [5.74, 6) is 0. The molecule has 0 aromatic carbocycles. The third kappa shape index (κ3) is 1.69. The zero-order chi connectivity index (χ0) is 11.1. The second kappa shape index (κ2) is 4.09. The van der Waals surface area contributed by atoms with Crippen molar-refractivity contribution in [2.24, 2.45) is 0 Å². The fourth-order valence-corrected chi connectivity index (χ4v) is 3.49. The first-order valence-electron chi connectivity index (χ1n) is 5.53. The smallest absolute Gasteiger partial charge is 0.213 e. The van der Waals surface area contributed by atoms with Crippen molar-refractivity contribution in [1.82, 2.24) is 19.5 Å². The van der Waals surface area contributed by atoms with Crippen molar-refractivity contribution in [3.8, 4) is 0 Å². The molecule has 0 N–H and O–H groups in total. The number of nitrogens with zero attached hydrogens (tertiary/aromatic N) is 4. The van der Waals surface area contributed by atoms with E-state index in [9.17, 15) is 0 Å². The van der Waals surface area contributed by atoms with Gasteiger partial charge in [0.25, 0.3) is 0 Å². The zero-order valence-electron chi connectivity index (χ0n) is 9.11. The van der Waals surface area contributed by atoms with Gasteiger partial charge in [-0.25, -0.2) is 9.50 Å². The highest BCUT2D eigenvalue weighted by molar-refractivity contribution is 9.11. The van der Waals surface area contributed by atoms with Crippen LogP contribution in [0, 0.1) is 0 Å². The molecule has 2 aromatic rings. The lowest BCUT2D eigenvalue weighted by Gasteiger charge is -2.25. The first kappa shape index (κ1) is 10.7. The van der Waals surface area contributed by atoms with Gasteiger partial charge in [-0.2, -0.15) is 0 Å². The van der Waals surface area contributed by atoms with E-state index < -0.39 is 0 Å². The summed E-state index contributed by atoms with van der Waals surface area (Å²) in [6.07, 6.45) is 2.26. The van der Waals surface area contributed by atoms with Gasteiger partial charge in [-0.15, -0.1) is 5.10 Å². The summed E-state index contributed by atoms with van der Waals surface area (Å²) >= 11 is 5.01. The summed E-state index contributed by atoms with van der Waals surface area (Å²) in [7, 11) is 0. The Kier molecular flexibility index (Phi) is 2.73. The van der Waals surface area contributed by atoms with Gasteiger partial charge in [0.2, 0.25) is 4.96 Å². The predicted octanol–water partition coefficient (Wildman–Crippen LogP) is 2.32. The Morgan fingerprint density at radius 3 is 3.19 bits per heavy atom. The van der Waals surface area contributed by atoms with Gasteiger partial charge in [-0.1, -0.05) is 18.3 Å². The SMILES string of the molecule is CCCN1CCc2nc3sc(Br)nn3c2C1. The van der Waals surface area contributed by atoms with Gasteiger partial charge in [0, 0.05) is 19.5 Å². The van der Waals surface area contributed by atoms with E-state index in [0.29, 0.717) is 0 Å². The van der Waals surface area contributed by atoms with Crippen LogP contribution in [0.1, 0.15) is 24.7 Å². The minimum Gasteiger partial charge on any atom is -0.297 e. The quantitative estimate of drug-likeness (QED) is 0.853. The number of fused-ring (bicyclic) bond motifs is 3. The number of imidazole rings is 1. The molecule has 2 aromatic heterocycles. The molecule has 0 saturated carbocycles. The number of aromatic nitrogens is 3. The molecule has 0 aliphatic carbocycles. The summed E-state index contributed by atoms with van der Waals surface area (Å²) in [5.41, 5.74) is 2.51. The lowest BCUT2D eigenvalue weighted by atomic mass is 10.1. The third-order valence-corrected chi connectivity index (χ3v) is 4.27. The van der Waals surface area contributed by atoms with Crippen LogP contribution in [-0.2, 0) is 13.0 Å². The Morgan fingerprint density at radius 1 is 1.50 bits per heavy atom. The van der Waals surface area contributed by atoms with Gasteiger partial charge in [0.05, 0.1) is 11.4 Å². The van der Waals surface area contributed by atoms with Gasteiger partial charge in [0.15, 0.2) is 3.92 Å². The summed E-state index contributed by atoms with van der Waals surface area (Å²) in [6.45, 7) is 5.51. The van der Waals surface area contributed by atoms with Crippen LogP contribution in [0.2, 0.25) is 0 Å². The van der Waals surface area contributed by atoms with Crippen molar-refractivity contribution in [2.75, 3.05) is 13.1 Å². The standard InChI is InChI=1S/C10H13BrN4S/c1-2-4-14-5-3-7-8(6-14)15-10(12-7)16-9(11)13-15/h2-6H2,1H3. The van der Waals surface area contributed by atoms with Crippen LogP contribution in [0.3, 0.4) is 0 Å². The molecule has 3 rings (SSSR count). The molecular weight excluding hydrogens is 288 g/mol. The average Bonchev–Trinajstić information content (AvgIpc) is 2.75. The molecule has 16 heavy (non-hydrogen) atoms.